The minimum absolute atomic E-state index is 0.146. The summed E-state index contributed by atoms with van der Waals surface area (Å²) in [6.07, 6.45) is 5.28. The van der Waals surface area contributed by atoms with Gasteiger partial charge in [-0.1, -0.05) is 38.4 Å². The Morgan fingerprint density at radius 2 is 2.10 bits per heavy atom. The van der Waals surface area contributed by atoms with Crippen LogP contribution in [0.1, 0.15) is 51.6 Å². The summed E-state index contributed by atoms with van der Waals surface area (Å²) in [5.74, 6) is 1.93. The number of aliphatic imine (C=N–C) groups is 2. The van der Waals surface area contributed by atoms with E-state index in [1.54, 1.807) is 18.3 Å². The van der Waals surface area contributed by atoms with Gasteiger partial charge in [0.2, 0.25) is 0 Å². The number of hydrogen-bond acceptors (Lipinski definition) is 5. The number of aromatic nitrogens is 2. The molecule has 2 aliphatic rings. The third-order valence-electron chi connectivity index (χ3n) is 6.43. The van der Waals surface area contributed by atoms with Gasteiger partial charge >= 0.3 is 6.02 Å². The molecule has 6 nitrogen and oxygen atoms in total. The highest BCUT2D eigenvalue weighted by atomic mass is 35.5. The Bertz CT molecular complexity index is 982. The lowest BCUT2D eigenvalue weighted by Crippen LogP contribution is -2.33. The molecule has 4 rings (SSSR count). The number of nitrogens with two attached hydrogens (primary N) is 1. The van der Waals surface area contributed by atoms with Crippen molar-refractivity contribution in [2.45, 2.75) is 52.1 Å². The summed E-state index contributed by atoms with van der Waals surface area (Å²) in [5, 5.41) is 0.271. The Kier molecular flexibility index (Phi) is 6.32. The van der Waals surface area contributed by atoms with E-state index in [1.165, 1.54) is 18.9 Å². The number of nitrogens with zero attached hydrogens (tertiary/aromatic N) is 3. The fourth-order valence-electron chi connectivity index (χ4n) is 4.49. The van der Waals surface area contributed by atoms with Crippen LogP contribution < -0.4 is 5.73 Å². The van der Waals surface area contributed by atoms with E-state index in [2.05, 4.69) is 40.7 Å². The highest BCUT2D eigenvalue weighted by molar-refractivity contribution is 6.33. The average Bonchev–Trinajstić information content (AvgIpc) is 3.11. The number of amidine groups is 1. The molecule has 8 heteroatoms. The molecule has 2 aromatic rings. The monoisotopic (exact) mass is 445 g/mol. The average molecular weight is 446 g/mol. The first kappa shape index (κ1) is 21.8. The predicted molar refractivity (Wildman–Crippen MR) is 123 cm³/mol. The Morgan fingerprint density at radius 1 is 1.29 bits per heavy atom. The molecule has 1 unspecified atom stereocenters. The van der Waals surface area contributed by atoms with Crippen molar-refractivity contribution in [3.05, 3.63) is 34.7 Å². The van der Waals surface area contributed by atoms with Crippen molar-refractivity contribution >= 4 is 29.7 Å². The summed E-state index contributed by atoms with van der Waals surface area (Å²) < 4.78 is 20.4. The van der Waals surface area contributed by atoms with E-state index in [9.17, 15) is 4.39 Å². The fraction of sp³-hybridized carbons (Fsp3) is 0.522. The minimum atomic E-state index is -0.458. The van der Waals surface area contributed by atoms with Crippen molar-refractivity contribution < 1.29 is 9.13 Å². The maximum Gasteiger partial charge on any atom is 0.311 e. The third-order valence-corrected chi connectivity index (χ3v) is 6.75. The molecule has 1 fully saturated rings. The van der Waals surface area contributed by atoms with Crippen molar-refractivity contribution in [2.75, 3.05) is 12.3 Å². The maximum absolute atomic E-state index is 14.2. The maximum atomic E-state index is 14.2. The van der Waals surface area contributed by atoms with Gasteiger partial charge < -0.3 is 15.5 Å². The zero-order valence-electron chi connectivity index (χ0n) is 18.1. The first-order chi connectivity index (χ1) is 14.8. The summed E-state index contributed by atoms with van der Waals surface area (Å²) >= 11 is 6.16. The molecule has 0 saturated heterocycles. The lowest BCUT2D eigenvalue weighted by molar-refractivity contribution is 0.0550. The van der Waals surface area contributed by atoms with Gasteiger partial charge in [0, 0.05) is 6.21 Å². The quantitative estimate of drug-likeness (QED) is 0.655. The summed E-state index contributed by atoms with van der Waals surface area (Å²) in [7, 11) is 0. The minimum Gasteiger partial charge on any atom is -0.460 e. The molecule has 1 aromatic carbocycles. The topological polar surface area (TPSA) is 88.7 Å². The molecule has 2 heterocycles. The second-order valence-electron chi connectivity index (χ2n) is 8.94. The Balaban J connectivity index is 1.42. The van der Waals surface area contributed by atoms with Crippen molar-refractivity contribution in [3.8, 4) is 11.4 Å². The van der Waals surface area contributed by atoms with Crippen LogP contribution in [0.25, 0.3) is 11.4 Å². The number of benzene rings is 1. The molecule has 166 valence electrons. The molecule has 1 aliphatic heterocycles. The lowest BCUT2D eigenvalue weighted by atomic mass is 9.75. The van der Waals surface area contributed by atoms with Crippen molar-refractivity contribution in [3.63, 3.8) is 0 Å². The van der Waals surface area contributed by atoms with Gasteiger partial charge in [-0.25, -0.2) is 19.4 Å². The van der Waals surface area contributed by atoms with Crippen molar-refractivity contribution in [1.82, 2.24) is 9.97 Å². The van der Waals surface area contributed by atoms with Crippen LogP contribution in [-0.4, -0.2) is 34.9 Å². The van der Waals surface area contributed by atoms with Gasteiger partial charge in [-0.15, -0.1) is 0 Å². The van der Waals surface area contributed by atoms with Crippen LogP contribution in [0.15, 0.2) is 28.2 Å². The number of hydrogen-bond donors (Lipinski definition) is 2. The van der Waals surface area contributed by atoms with Gasteiger partial charge in [0.15, 0.2) is 0 Å². The lowest BCUT2D eigenvalue weighted by Gasteiger charge is -2.35. The smallest absolute Gasteiger partial charge is 0.311 e. The van der Waals surface area contributed by atoms with E-state index in [4.69, 9.17) is 22.1 Å². The molecule has 3 N–H and O–H groups in total. The van der Waals surface area contributed by atoms with E-state index < -0.39 is 5.82 Å². The number of aromatic amines is 1. The van der Waals surface area contributed by atoms with E-state index in [0.29, 0.717) is 41.7 Å². The van der Waals surface area contributed by atoms with Crippen molar-refractivity contribution in [2.24, 2.45) is 27.7 Å². The predicted octanol–water partition coefficient (Wildman–Crippen LogP) is 5.45. The van der Waals surface area contributed by atoms with Gasteiger partial charge in [0.25, 0.3) is 0 Å². The molecule has 1 aliphatic carbocycles. The molecule has 0 spiro atoms. The van der Waals surface area contributed by atoms with E-state index in [1.807, 2.05) is 0 Å². The van der Waals surface area contributed by atoms with Gasteiger partial charge in [-0.05, 0) is 49.1 Å². The summed E-state index contributed by atoms with van der Waals surface area (Å²) in [4.78, 5) is 16.4. The Labute approximate surface area is 187 Å². The van der Waals surface area contributed by atoms with Crippen LogP contribution in [0, 0.1) is 23.6 Å². The zero-order valence-corrected chi connectivity index (χ0v) is 18.9. The van der Waals surface area contributed by atoms with Gasteiger partial charge in [0.05, 0.1) is 28.7 Å². The molecule has 0 bridgehead atoms. The number of halogens is 2. The SMILES string of the molecule is CC(C)[C@H]1CC[C@H](OC2=NCC(c3nc(-c4c(F)cccc4Cl)[nH]c3N)C=N2)[C@H](C)C1. The van der Waals surface area contributed by atoms with Crippen LogP contribution in [0.2, 0.25) is 5.02 Å². The molecule has 1 aromatic heterocycles. The second-order valence-corrected chi connectivity index (χ2v) is 9.35. The largest absolute Gasteiger partial charge is 0.460 e. The number of anilines is 1. The number of H-pyrrole nitrogens is 1. The van der Waals surface area contributed by atoms with E-state index in [-0.39, 0.29) is 22.6 Å². The Hall–Kier alpha value is -2.41. The zero-order chi connectivity index (χ0) is 22.1. The fourth-order valence-corrected chi connectivity index (χ4v) is 4.75. The molecular weight excluding hydrogens is 417 g/mol. The Morgan fingerprint density at radius 3 is 2.74 bits per heavy atom. The molecule has 0 amide bonds. The summed E-state index contributed by atoms with van der Waals surface area (Å²) in [5.41, 5.74) is 6.90. The van der Waals surface area contributed by atoms with Gasteiger partial charge in [0.1, 0.15) is 23.6 Å². The summed E-state index contributed by atoms with van der Waals surface area (Å²) in [6.45, 7) is 7.25. The standard InChI is InChI=1S/C23H29ClFN5O/c1-12(2)14-7-8-18(13(3)9-14)31-23-27-10-15(11-28-23)20-21(26)30-22(29-20)19-16(24)5-4-6-17(19)25/h4-6,10,12-15,18H,7-9,11,26H2,1-3H3,(H,29,30)/t13-,14+,15?,18+/m1/s1. The summed E-state index contributed by atoms with van der Waals surface area (Å²) in [6, 6.07) is 4.92. The highest BCUT2D eigenvalue weighted by Crippen LogP contribution is 2.36. The van der Waals surface area contributed by atoms with Crippen molar-refractivity contribution in [1.29, 1.82) is 0 Å². The van der Waals surface area contributed by atoms with Gasteiger partial charge in [-0.3, -0.25) is 0 Å². The molecule has 0 radical (unpaired) electrons. The third kappa shape index (κ3) is 4.61. The second kappa shape index (κ2) is 8.99. The molecule has 4 atom stereocenters. The molecule has 31 heavy (non-hydrogen) atoms. The van der Waals surface area contributed by atoms with Crippen LogP contribution >= 0.6 is 11.6 Å². The number of nitrogen functional groups attached to an aromatic ring is 1. The number of nitrogens with one attached hydrogen (secondary N) is 1. The van der Waals surface area contributed by atoms with Crippen LogP contribution in [0.5, 0.6) is 0 Å². The van der Waals surface area contributed by atoms with E-state index >= 15 is 0 Å². The van der Waals surface area contributed by atoms with E-state index in [0.717, 1.165) is 12.3 Å². The molecular formula is C23H29ClFN5O. The number of ether oxygens (including phenoxy) is 1. The van der Waals surface area contributed by atoms with Crippen LogP contribution in [0.3, 0.4) is 0 Å². The number of imidazole rings is 1. The van der Waals surface area contributed by atoms with Gasteiger partial charge in [-0.2, -0.15) is 0 Å². The number of rotatable bonds is 4. The molecule has 1 saturated carbocycles. The van der Waals surface area contributed by atoms with Crippen LogP contribution in [0.4, 0.5) is 10.2 Å². The van der Waals surface area contributed by atoms with Crippen LogP contribution in [-0.2, 0) is 4.74 Å². The first-order valence-electron chi connectivity index (χ1n) is 10.9. The first-order valence-corrected chi connectivity index (χ1v) is 11.3. The highest BCUT2D eigenvalue weighted by Gasteiger charge is 2.31. The normalized spacial score (nSPS) is 26.2.